The molecule has 0 radical (unpaired) electrons. The maximum atomic E-state index is 12.8. The van der Waals surface area contributed by atoms with Crippen molar-refractivity contribution in [2.75, 3.05) is 13.1 Å². The Morgan fingerprint density at radius 3 is 2.40 bits per heavy atom. The summed E-state index contributed by atoms with van der Waals surface area (Å²) in [6.45, 7) is 11.8. The Hall–Kier alpha value is -1.35. The number of amides is 1. The van der Waals surface area contributed by atoms with E-state index in [2.05, 4.69) is 31.3 Å². The Labute approximate surface area is 122 Å². The van der Waals surface area contributed by atoms with Gasteiger partial charge in [-0.15, -0.1) is 0 Å². The first-order valence-electron chi connectivity index (χ1n) is 7.32. The van der Waals surface area contributed by atoms with Gasteiger partial charge < -0.3 is 10.2 Å². The summed E-state index contributed by atoms with van der Waals surface area (Å²) in [5, 5.41) is 3.55. The van der Waals surface area contributed by atoms with Crippen molar-refractivity contribution in [2.45, 2.75) is 46.2 Å². The lowest BCUT2D eigenvalue weighted by Crippen LogP contribution is -2.61. The second-order valence-electron chi connectivity index (χ2n) is 7.37. The van der Waals surface area contributed by atoms with Gasteiger partial charge in [-0.2, -0.15) is 0 Å². The predicted octanol–water partition coefficient (Wildman–Crippen LogP) is 2.98. The van der Waals surface area contributed by atoms with Gasteiger partial charge in [0, 0.05) is 24.0 Å². The monoisotopic (exact) mass is 274 g/mol. The molecule has 1 aliphatic rings. The van der Waals surface area contributed by atoms with Gasteiger partial charge in [0.1, 0.15) is 0 Å². The average molecular weight is 274 g/mol. The van der Waals surface area contributed by atoms with Crippen molar-refractivity contribution in [3.63, 3.8) is 0 Å². The molecule has 3 nitrogen and oxygen atoms in total. The van der Waals surface area contributed by atoms with Gasteiger partial charge in [-0.1, -0.05) is 51.1 Å². The molecule has 1 fully saturated rings. The number of nitrogens with zero attached hydrogens (tertiary/aromatic N) is 1. The second kappa shape index (κ2) is 5.21. The van der Waals surface area contributed by atoms with E-state index in [0.717, 1.165) is 13.1 Å². The molecule has 1 heterocycles. The number of carbonyl (C=O) groups excluding carboxylic acids is 1. The Morgan fingerprint density at radius 1 is 1.25 bits per heavy atom. The first kappa shape index (κ1) is 15.0. The van der Waals surface area contributed by atoms with Crippen LogP contribution in [0.4, 0.5) is 0 Å². The molecule has 3 heteroatoms. The van der Waals surface area contributed by atoms with Crippen LogP contribution in [0.2, 0.25) is 0 Å². The van der Waals surface area contributed by atoms with E-state index < -0.39 is 0 Å². The zero-order valence-electron chi connectivity index (χ0n) is 13.2. The smallest absolute Gasteiger partial charge is 0.228 e. The van der Waals surface area contributed by atoms with Gasteiger partial charge >= 0.3 is 0 Å². The predicted molar refractivity (Wildman–Crippen MR) is 82.4 cm³/mol. The van der Waals surface area contributed by atoms with E-state index in [4.69, 9.17) is 0 Å². The summed E-state index contributed by atoms with van der Waals surface area (Å²) in [6.07, 6.45) is 0. The van der Waals surface area contributed by atoms with E-state index in [1.54, 1.807) is 0 Å². The number of piperazine rings is 1. The molecule has 1 aromatic carbocycles. The number of rotatable bonds is 1. The van der Waals surface area contributed by atoms with Crippen LogP contribution in [0.5, 0.6) is 0 Å². The van der Waals surface area contributed by atoms with Crippen molar-refractivity contribution in [3.8, 4) is 0 Å². The van der Waals surface area contributed by atoms with E-state index in [9.17, 15) is 4.79 Å². The van der Waals surface area contributed by atoms with E-state index >= 15 is 0 Å². The zero-order valence-corrected chi connectivity index (χ0v) is 13.2. The zero-order chi connectivity index (χ0) is 15.0. The van der Waals surface area contributed by atoms with Crippen molar-refractivity contribution in [1.82, 2.24) is 10.2 Å². The minimum absolute atomic E-state index is 0.0355. The van der Waals surface area contributed by atoms with Crippen LogP contribution >= 0.6 is 0 Å². The molecule has 1 aliphatic heterocycles. The molecule has 110 valence electrons. The summed E-state index contributed by atoms with van der Waals surface area (Å²) in [5.74, 6) is 0.223. The summed E-state index contributed by atoms with van der Waals surface area (Å²) in [5.41, 5.74) is 0.820. The van der Waals surface area contributed by atoms with E-state index in [1.807, 2.05) is 43.9 Å². The number of nitrogens with one attached hydrogen (secondary N) is 1. The van der Waals surface area contributed by atoms with Crippen molar-refractivity contribution < 1.29 is 4.79 Å². The SMILES string of the molecule is CC1(C)CN(C(=O)C(C)(C)C)C(c2ccccc2)CN1. The van der Waals surface area contributed by atoms with Gasteiger partial charge in [0.05, 0.1) is 6.04 Å². The van der Waals surface area contributed by atoms with Crippen LogP contribution in [-0.4, -0.2) is 29.4 Å². The van der Waals surface area contributed by atoms with Gasteiger partial charge in [0.25, 0.3) is 0 Å². The molecule has 0 aliphatic carbocycles. The molecular formula is C17H26N2O. The Kier molecular flexibility index (Phi) is 3.92. The van der Waals surface area contributed by atoms with Crippen molar-refractivity contribution in [2.24, 2.45) is 5.41 Å². The maximum Gasteiger partial charge on any atom is 0.228 e. The molecule has 0 bridgehead atoms. The van der Waals surface area contributed by atoms with E-state index in [-0.39, 0.29) is 22.9 Å². The van der Waals surface area contributed by atoms with Gasteiger partial charge in [0.2, 0.25) is 5.91 Å². The fourth-order valence-electron chi connectivity index (χ4n) is 2.69. The maximum absolute atomic E-state index is 12.8. The minimum Gasteiger partial charge on any atom is -0.332 e. The van der Waals surface area contributed by atoms with Crippen LogP contribution in [0.25, 0.3) is 0 Å². The highest BCUT2D eigenvalue weighted by Gasteiger charge is 2.39. The molecule has 1 saturated heterocycles. The van der Waals surface area contributed by atoms with Crippen molar-refractivity contribution in [3.05, 3.63) is 35.9 Å². The highest BCUT2D eigenvalue weighted by Crippen LogP contribution is 2.31. The molecule has 1 atom stereocenters. The average Bonchev–Trinajstić information content (AvgIpc) is 2.37. The van der Waals surface area contributed by atoms with Gasteiger partial charge in [-0.05, 0) is 19.4 Å². The van der Waals surface area contributed by atoms with Gasteiger partial charge in [-0.25, -0.2) is 0 Å². The third-order valence-corrected chi connectivity index (χ3v) is 3.80. The second-order valence-corrected chi connectivity index (χ2v) is 7.37. The lowest BCUT2D eigenvalue weighted by molar-refractivity contribution is -0.145. The molecule has 1 N–H and O–H groups in total. The molecule has 1 amide bonds. The minimum atomic E-state index is -0.347. The Bertz CT molecular complexity index is 474. The molecule has 0 spiro atoms. The van der Waals surface area contributed by atoms with Crippen LogP contribution in [0.15, 0.2) is 30.3 Å². The fraction of sp³-hybridized carbons (Fsp3) is 0.588. The number of benzene rings is 1. The molecule has 0 saturated carbocycles. The summed E-state index contributed by atoms with van der Waals surface area (Å²) >= 11 is 0. The number of hydrogen-bond acceptors (Lipinski definition) is 2. The molecule has 1 unspecified atom stereocenters. The quantitative estimate of drug-likeness (QED) is 0.854. The normalized spacial score (nSPS) is 22.6. The molecule has 0 aromatic heterocycles. The van der Waals surface area contributed by atoms with Gasteiger partial charge in [0.15, 0.2) is 0 Å². The van der Waals surface area contributed by atoms with E-state index in [1.165, 1.54) is 5.56 Å². The first-order chi connectivity index (χ1) is 9.21. The highest BCUT2D eigenvalue weighted by molar-refractivity contribution is 5.82. The van der Waals surface area contributed by atoms with Crippen LogP contribution in [0.1, 0.15) is 46.2 Å². The van der Waals surface area contributed by atoms with Crippen molar-refractivity contribution in [1.29, 1.82) is 0 Å². The molecule has 2 rings (SSSR count). The Balaban J connectivity index is 2.32. The molecule has 20 heavy (non-hydrogen) atoms. The highest BCUT2D eigenvalue weighted by atomic mass is 16.2. The third kappa shape index (κ3) is 3.21. The lowest BCUT2D eigenvalue weighted by Gasteiger charge is -2.46. The number of hydrogen-bond donors (Lipinski definition) is 1. The first-order valence-corrected chi connectivity index (χ1v) is 7.32. The third-order valence-electron chi connectivity index (χ3n) is 3.80. The van der Waals surface area contributed by atoms with E-state index in [0.29, 0.717) is 0 Å². The number of carbonyl (C=O) groups is 1. The van der Waals surface area contributed by atoms with Crippen LogP contribution in [0.3, 0.4) is 0 Å². The van der Waals surface area contributed by atoms with Crippen LogP contribution < -0.4 is 5.32 Å². The molecular weight excluding hydrogens is 248 g/mol. The van der Waals surface area contributed by atoms with Crippen LogP contribution in [-0.2, 0) is 4.79 Å². The lowest BCUT2D eigenvalue weighted by atomic mass is 9.89. The summed E-state index contributed by atoms with van der Waals surface area (Å²) < 4.78 is 0. The standard InChI is InChI=1S/C17H26N2O/c1-16(2,3)15(20)19-12-17(4,5)18-11-14(19)13-9-7-6-8-10-13/h6-10,14,18H,11-12H2,1-5H3. The van der Waals surface area contributed by atoms with Crippen LogP contribution in [0, 0.1) is 5.41 Å². The molecule has 1 aromatic rings. The topological polar surface area (TPSA) is 32.3 Å². The van der Waals surface area contributed by atoms with Gasteiger partial charge in [-0.3, -0.25) is 4.79 Å². The Morgan fingerprint density at radius 2 is 1.85 bits per heavy atom. The summed E-state index contributed by atoms with van der Waals surface area (Å²) in [6, 6.07) is 10.4. The largest absolute Gasteiger partial charge is 0.332 e. The summed E-state index contributed by atoms with van der Waals surface area (Å²) in [7, 11) is 0. The van der Waals surface area contributed by atoms with Crippen molar-refractivity contribution >= 4 is 5.91 Å². The summed E-state index contributed by atoms with van der Waals surface area (Å²) in [4.78, 5) is 14.8. The fourth-order valence-corrected chi connectivity index (χ4v) is 2.69.